The number of benzene rings is 2. The van der Waals surface area contributed by atoms with Crippen molar-refractivity contribution in [2.45, 2.75) is 5.54 Å². The number of nitriles is 1. The number of nitrogens with two attached hydrogens (primary N) is 1. The van der Waals surface area contributed by atoms with Crippen LogP contribution in [0.4, 0.5) is 0 Å². The lowest BCUT2D eigenvalue weighted by molar-refractivity contribution is 0.696. The quantitative estimate of drug-likeness (QED) is 0.759. The molecule has 2 aromatic carbocycles. The van der Waals surface area contributed by atoms with Gasteiger partial charge in [0.15, 0.2) is 5.54 Å². The molecule has 1 aliphatic rings. The third kappa shape index (κ3) is 1.38. The Bertz CT molecular complexity index is 628. The van der Waals surface area contributed by atoms with E-state index in [4.69, 9.17) is 5.73 Å². The molecule has 2 N–H and O–H groups in total. The fourth-order valence-corrected chi connectivity index (χ4v) is 2.45. The molecule has 0 aliphatic heterocycles. The van der Waals surface area contributed by atoms with Gasteiger partial charge in [-0.05, 0) is 22.3 Å². The molecule has 0 unspecified atom stereocenters. The first-order chi connectivity index (χ1) is 8.75. The van der Waals surface area contributed by atoms with Gasteiger partial charge >= 0.3 is 0 Å². The Hall–Kier alpha value is -2.37. The lowest BCUT2D eigenvalue weighted by Gasteiger charge is -2.24. The second-order valence-corrected chi connectivity index (χ2v) is 4.43. The van der Waals surface area contributed by atoms with E-state index in [9.17, 15) is 5.26 Å². The maximum atomic E-state index is 9.57. The van der Waals surface area contributed by atoms with E-state index in [1.165, 1.54) is 0 Å². The van der Waals surface area contributed by atoms with Crippen LogP contribution in [0.3, 0.4) is 0 Å². The molecule has 0 bridgehead atoms. The number of rotatable bonds is 0. The minimum Gasteiger partial charge on any atom is -0.306 e. The molecular formula is C16H12N2. The van der Waals surface area contributed by atoms with Crippen LogP contribution in [0.5, 0.6) is 0 Å². The van der Waals surface area contributed by atoms with Gasteiger partial charge in [-0.25, -0.2) is 0 Å². The van der Waals surface area contributed by atoms with E-state index in [0.717, 1.165) is 22.3 Å². The highest BCUT2D eigenvalue weighted by Gasteiger charge is 2.34. The summed E-state index contributed by atoms with van der Waals surface area (Å²) in [6, 6.07) is 17.8. The van der Waals surface area contributed by atoms with Gasteiger partial charge in [0.25, 0.3) is 0 Å². The SMILES string of the molecule is N#CC1(N)c2ccccc2C=Cc2ccccc21. The molecule has 2 aromatic rings. The van der Waals surface area contributed by atoms with Gasteiger partial charge in [-0.15, -0.1) is 0 Å². The summed E-state index contributed by atoms with van der Waals surface area (Å²) >= 11 is 0. The lowest BCUT2D eigenvalue weighted by atomic mass is 9.82. The zero-order valence-corrected chi connectivity index (χ0v) is 9.80. The van der Waals surface area contributed by atoms with E-state index >= 15 is 0 Å². The van der Waals surface area contributed by atoms with E-state index < -0.39 is 5.54 Å². The van der Waals surface area contributed by atoms with Gasteiger partial charge in [0.2, 0.25) is 0 Å². The Morgan fingerprint density at radius 3 is 1.72 bits per heavy atom. The summed E-state index contributed by atoms with van der Waals surface area (Å²) in [5.74, 6) is 0. The van der Waals surface area contributed by atoms with Gasteiger partial charge in [-0.2, -0.15) is 5.26 Å². The summed E-state index contributed by atoms with van der Waals surface area (Å²) in [4.78, 5) is 0. The average molecular weight is 232 g/mol. The normalized spacial score (nSPS) is 15.1. The Kier molecular flexibility index (Phi) is 2.29. The largest absolute Gasteiger partial charge is 0.306 e. The van der Waals surface area contributed by atoms with Gasteiger partial charge in [0, 0.05) is 0 Å². The molecule has 0 atom stereocenters. The standard InChI is InChI=1S/C16H12N2/c17-11-16(18)14-7-3-1-5-12(14)9-10-13-6-2-4-8-15(13)16/h1-10H,18H2. The average Bonchev–Trinajstić information content (AvgIpc) is 2.56. The molecule has 0 amide bonds. The van der Waals surface area contributed by atoms with E-state index in [0.29, 0.717) is 0 Å². The zero-order valence-electron chi connectivity index (χ0n) is 9.80. The predicted molar refractivity (Wildman–Crippen MR) is 72.4 cm³/mol. The van der Waals surface area contributed by atoms with Crippen molar-refractivity contribution in [1.82, 2.24) is 0 Å². The van der Waals surface area contributed by atoms with Crippen molar-refractivity contribution in [1.29, 1.82) is 5.26 Å². The first-order valence-corrected chi connectivity index (χ1v) is 5.83. The van der Waals surface area contributed by atoms with Gasteiger partial charge in [0.1, 0.15) is 0 Å². The Morgan fingerprint density at radius 1 is 0.833 bits per heavy atom. The van der Waals surface area contributed by atoms with Crippen LogP contribution in [0.1, 0.15) is 22.3 Å². The second-order valence-electron chi connectivity index (χ2n) is 4.43. The number of hydrogen-bond acceptors (Lipinski definition) is 2. The van der Waals surface area contributed by atoms with E-state index in [-0.39, 0.29) is 0 Å². The maximum absolute atomic E-state index is 9.57. The van der Waals surface area contributed by atoms with Crippen molar-refractivity contribution in [3.63, 3.8) is 0 Å². The van der Waals surface area contributed by atoms with Crippen molar-refractivity contribution in [3.8, 4) is 6.07 Å². The summed E-state index contributed by atoms with van der Waals surface area (Å²) in [5, 5.41) is 9.57. The van der Waals surface area contributed by atoms with E-state index in [1.54, 1.807) is 0 Å². The molecule has 2 heteroatoms. The zero-order chi connectivity index (χ0) is 12.6. The van der Waals surface area contributed by atoms with Gasteiger partial charge in [-0.1, -0.05) is 60.7 Å². The molecular weight excluding hydrogens is 220 g/mol. The van der Waals surface area contributed by atoms with Crippen LogP contribution in [-0.4, -0.2) is 0 Å². The van der Waals surface area contributed by atoms with Gasteiger partial charge < -0.3 is 5.73 Å². The van der Waals surface area contributed by atoms with Gasteiger partial charge in [-0.3, -0.25) is 0 Å². The fourth-order valence-electron chi connectivity index (χ4n) is 2.45. The molecule has 2 nitrogen and oxygen atoms in total. The summed E-state index contributed by atoms with van der Waals surface area (Å²) in [7, 11) is 0. The highest BCUT2D eigenvalue weighted by molar-refractivity contribution is 5.78. The van der Waals surface area contributed by atoms with Crippen LogP contribution < -0.4 is 5.73 Å². The van der Waals surface area contributed by atoms with Crippen LogP contribution in [0.2, 0.25) is 0 Å². The Balaban J connectivity index is 2.40. The van der Waals surface area contributed by atoms with Crippen LogP contribution in [0, 0.1) is 11.3 Å². The summed E-state index contributed by atoms with van der Waals surface area (Å²) in [6.07, 6.45) is 4.03. The monoisotopic (exact) mass is 232 g/mol. The molecule has 0 spiro atoms. The molecule has 0 saturated carbocycles. The molecule has 0 aromatic heterocycles. The van der Waals surface area contributed by atoms with Crippen molar-refractivity contribution < 1.29 is 0 Å². The minimum atomic E-state index is -1.09. The van der Waals surface area contributed by atoms with E-state index in [1.807, 2.05) is 60.7 Å². The molecule has 0 fully saturated rings. The van der Waals surface area contributed by atoms with E-state index in [2.05, 4.69) is 6.07 Å². The van der Waals surface area contributed by atoms with Gasteiger partial charge in [0.05, 0.1) is 6.07 Å². The van der Waals surface area contributed by atoms with Crippen molar-refractivity contribution in [3.05, 3.63) is 70.8 Å². The molecule has 0 heterocycles. The second kappa shape index (κ2) is 3.83. The number of hydrogen-bond donors (Lipinski definition) is 1. The number of nitrogens with zero attached hydrogens (tertiary/aromatic N) is 1. The molecule has 18 heavy (non-hydrogen) atoms. The van der Waals surface area contributed by atoms with Crippen molar-refractivity contribution >= 4 is 12.2 Å². The Morgan fingerprint density at radius 2 is 1.28 bits per heavy atom. The predicted octanol–water partition coefficient (Wildman–Crippen LogP) is 2.90. The topological polar surface area (TPSA) is 49.8 Å². The molecule has 86 valence electrons. The number of fused-ring (bicyclic) bond motifs is 2. The third-order valence-corrected chi connectivity index (χ3v) is 3.39. The third-order valence-electron chi connectivity index (χ3n) is 3.39. The molecule has 0 saturated heterocycles. The Labute approximate surface area is 106 Å². The maximum Gasteiger partial charge on any atom is 0.156 e. The highest BCUT2D eigenvalue weighted by atomic mass is 14.8. The smallest absolute Gasteiger partial charge is 0.156 e. The molecule has 1 aliphatic carbocycles. The highest BCUT2D eigenvalue weighted by Crippen LogP contribution is 2.35. The van der Waals surface area contributed by atoms with Crippen LogP contribution >= 0.6 is 0 Å². The van der Waals surface area contributed by atoms with Crippen molar-refractivity contribution in [2.75, 3.05) is 0 Å². The lowest BCUT2D eigenvalue weighted by Crippen LogP contribution is -2.37. The summed E-state index contributed by atoms with van der Waals surface area (Å²) < 4.78 is 0. The summed E-state index contributed by atoms with van der Waals surface area (Å²) in [5.41, 5.74) is 9.00. The fraction of sp³-hybridized carbons (Fsp3) is 0.0625. The summed E-state index contributed by atoms with van der Waals surface area (Å²) in [6.45, 7) is 0. The van der Waals surface area contributed by atoms with Crippen LogP contribution in [0.25, 0.3) is 12.2 Å². The van der Waals surface area contributed by atoms with Crippen molar-refractivity contribution in [2.24, 2.45) is 5.73 Å². The molecule has 0 radical (unpaired) electrons. The first kappa shape index (κ1) is 10.8. The van der Waals surface area contributed by atoms with Crippen LogP contribution in [0.15, 0.2) is 48.5 Å². The van der Waals surface area contributed by atoms with Crippen LogP contribution in [-0.2, 0) is 5.54 Å². The first-order valence-electron chi connectivity index (χ1n) is 5.83. The minimum absolute atomic E-state index is 0.855. The molecule has 3 rings (SSSR count).